The van der Waals surface area contributed by atoms with E-state index in [1.54, 1.807) is 0 Å². The van der Waals surface area contributed by atoms with E-state index in [-0.39, 0.29) is 5.54 Å². The van der Waals surface area contributed by atoms with Crippen molar-refractivity contribution in [3.63, 3.8) is 0 Å². The molecule has 5 nitrogen and oxygen atoms in total. The Labute approximate surface area is 126 Å². The lowest BCUT2D eigenvalue weighted by molar-refractivity contribution is 0.0105. The van der Waals surface area contributed by atoms with Gasteiger partial charge in [-0.1, -0.05) is 0 Å². The van der Waals surface area contributed by atoms with Gasteiger partial charge in [0.2, 0.25) is 0 Å². The third-order valence-electron chi connectivity index (χ3n) is 5.82. The van der Waals surface area contributed by atoms with Crippen LogP contribution >= 0.6 is 0 Å². The Morgan fingerprint density at radius 2 is 1.48 bits per heavy atom. The fraction of sp³-hybridized carbons (Fsp3) is 0.750. The summed E-state index contributed by atoms with van der Waals surface area (Å²) >= 11 is 0. The molecule has 0 aromatic carbocycles. The molecule has 5 rings (SSSR count). The highest BCUT2D eigenvalue weighted by Crippen LogP contribution is 2.56. The summed E-state index contributed by atoms with van der Waals surface area (Å²) in [4.78, 5) is 9.00. The fourth-order valence-corrected chi connectivity index (χ4v) is 5.41. The maximum absolute atomic E-state index is 5.58. The van der Waals surface area contributed by atoms with Gasteiger partial charge in [0.1, 0.15) is 17.5 Å². The van der Waals surface area contributed by atoms with E-state index in [9.17, 15) is 0 Å². The number of aromatic nitrogens is 2. The van der Waals surface area contributed by atoms with Crippen molar-refractivity contribution >= 4 is 11.6 Å². The summed E-state index contributed by atoms with van der Waals surface area (Å²) in [5.41, 5.74) is 3.99. The van der Waals surface area contributed by atoms with Gasteiger partial charge < -0.3 is 10.7 Å². The lowest BCUT2D eigenvalue weighted by Crippen LogP contribution is -2.55. The van der Waals surface area contributed by atoms with Crippen molar-refractivity contribution in [1.29, 1.82) is 0 Å². The van der Waals surface area contributed by atoms with Crippen LogP contribution in [0.4, 0.5) is 11.6 Å². The summed E-state index contributed by atoms with van der Waals surface area (Å²) in [6.07, 6.45) is 8.31. The second-order valence-corrected chi connectivity index (χ2v) is 7.56. The van der Waals surface area contributed by atoms with Crippen molar-refractivity contribution in [2.45, 2.75) is 57.9 Å². The van der Waals surface area contributed by atoms with Gasteiger partial charge in [0.15, 0.2) is 0 Å². The molecule has 0 spiro atoms. The Bertz CT molecular complexity index is 533. The van der Waals surface area contributed by atoms with Crippen LogP contribution in [0, 0.1) is 31.6 Å². The lowest BCUT2D eigenvalue weighted by atomic mass is 9.53. The minimum absolute atomic E-state index is 0.270. The molecule has 4 fully saturated rings. The number of nitrogen functional groups attached to an aromatic ring is 1. The quantitative estimate of drug-likeness (QED) is 0.589. The van der Waals surface area contributed by atoms with Crippen molar-refractivity contribution in [3.05, 3.63) is 11.4 Å². The molecular weight excluding hydrogens is 262 g/mol. The van der Waals surface area contributed by atoms with Gasteiger partial charge in [0, 0.05) is 11.1 Å². The van der Waals surface area contributed by atoms with E-state index in [1.165, 1.54) is 38.5 Å². The average molecular weight is 287 g/mol. The summed E-state index contributed by atoms with van der Waals surface area (Å²) in [5.74, 6) is 10.8. The average Bonchev–Trinajstić information content (AvgIpc) is 2.40. The predicted octanol–water partition coefficient (Wildman–Crippen LogP) is 2.76. The molecule has 4 N–H and O–H groups in total. The van der Waals surface area contributed by atoms with Gasteiger partial charge in [-0.15, -0.1) is 0 Å². The first-order chi connectivity index (χ1) is 10.1. The Hall–Kier alpha value is -1.36. The second-order valence-electron chi connectivity index (χ2n) is 7.56. The van der Waals surface area contributed by atoms with Crippen molar-refractivity contribution in [2.75, 3.05) is 10.7 Å². The minimum Gasteiger partial charge on any atom is -0.364 e. The van der Waals surface area contributed by atoms with E-state index in [0.717, 1.165) is 40.8 Å². The second kappa shape index (κ2) is 4.57. The van der Waals surface area contributed by atoms with Crippen LogP contribution in [0.15, 0.2) is 0 Å². The van der Waals surface area contributed by atoms with Gasteiger partial charge >= 0.3 is 0 Å². The van der Waals surface area contributed by atoms with Crippen LogP contribution in [0.5, 0.6) is 0 Å². The van der Waals surface area contributed by atoms with E-state index in [0.29, 0.717) is 0 Å². The molecule has 5 heteroatoms. The van der Waals surface area contributed by atoms with Gasteiger partial charge in [-0.05, 0) is 70.1 Å². The monoisotopic (exact) mass is 287 g/mol. The maximum atomic E-state index is 5.58. The normalized spacial score (nSPS) is 36.8. The summed E-state index contributed by atoms with van der Waals surface area (Å²) in [6, 6.07) is 0. The lowest BCUT2D eigenvalue weighted by Gasteiger charge is -2.57. The zero-order valence-corrected chi connectivity index (χ0v) is 12.9. The molecule has 0 amide bonds. The SMILES string of the molecule is Cc1nc(NN)c(C)c(NC23CC4CC(CC(C4)C2)C3)n1. The molecule has 1 heterocycles. The highest BCUT2D eigenvalue weighted by atomic mass is 15.3. The molecule has 4 bridgehead atoms. The molecule has 0 saturated heterocycles. The van der Waals surface area contributed by atoms with Gasteiger partial charge in [-0.3, -0.25) is 0 Å². The predicted molar refractivity (Wildman–Crippen MR) is 83.8 cm³/mol. The molecule has 1 aromatic rings. The van der Waals surface area contributed by atoms with E-state index in [4.69, 9.17) is 5.84 Å². The molecule has 0 atom stereocenters. The van der Waals surface area contributed by atoms with Crippen LogP contribution in [-0.2, 0) is 0 Å². The summed E-state index contributed by atoms with van der Waals surface area (Å²) in [7, 11) is 0. The highest BCUT2D eigenvalue weighted by molar-refractivity contribution is 5.58. The standard InChI is InChI=1S/C16H25N5/c1-9-14(18-10(2)19-15(9)21-17)20-16-6-11-3-12(7-16)5-13(4-11)8-16/h11-13H,3-8,17H2,1-2H3,(H2,18,19,20,21). The van der Waals surface area contributed by atoms with Crippen LogP contribution < -0.4 is 16.6 Å². The van der Waals surface area contributed by atoms with Gasteiger partial charge in [0.05, 0.1) is 0 Å². The molecule has 4 aliphatic rings. The number of nitrogens with one attached hydrogen (secondary N) is 2. The molecule has 4 aliphatic carbocycles. The van der Waals surface area contributed by atoms with Crippen molar-refractivity contribution in [3.8, 4) is 0 Å². The molecule has 21 heavy (non-hydrogen) atoms. The zero-order valence-electron chi connectivity index (χ0n) is 12.9. The number of hydrogen-bond acceptors (Lipinski definition) is 5. The minimum atomic E-state index is 0.270. The van der Waals surface area contributed by atoms with Crippen LogP contribution in [-0.4, -0.2) is 15.5 Å². The largest absolute Gasteiger partial charge is 0.364 e. The zero-order chi connectivity index (χ0) is 14.6. The van der Waals surface area contributed by atoms with Crippen molar-refractivity contribution < 1.29 is 0 Å². The Morgan fingerprint density at radius 1 is 0.952 bits per heavy atom. The first-order valence-electron chi connectivity index (χ1n) is 8.17. The number of nitrogens with two attached hydrogens (primary N) is 1. The Morgan fingerprint density at radius 3 is 2.00 bits per heavy atom. The molecule has 4 saturated carbocycles. The number of rotatable bonds is 3. The Kier molecular flexibility index (Phi) is 2.89. The summed E-state index contributed by atoms with van der Waals surface area (Å²) < 4.78 is 0. The smallest absolute Gasteiger partial charge is 0.148 e. The first-order valence-corrected chi connectivity index (χ1v) is 8.17. The molecule has 0 unspecified atom stereocenters. The maximum Gasteiger partial charge on any atom is 0.148 e. The fourth-order valence-electron chi connectivity index (χ4n) is 5.41. The third kappa shape index (κ3) is 2.18. The van der Waals surface area contributed by atoms with E-state index >= 15 is 0 Å². The molecule has 1 aromatic heterocycles. The number of anilines is 2. The molecule has 114 valence electrons. The number of aryl methyl sites for hydroxylation is 1. The van der Waals surface area contributed by atoms with Crippen molar-refractivity contribution in [1.82, 2.24) is 9.97 Å². The van der Waals surface area contributed by atoms with Crippen LogP contribution in [0.1, 0.15) is 49.9 Å². The van der Waals surface area contributed by atoms with E-state index < -0.39 is 0 Å². The van der Waals surface area contributed by atoms with Gasteiger partial charge in [-0.2, -0.15) is 0 Å². The first kappa shape index (κ1) is 13.3. The summed E-state index contributed by atoms with van der Waals surface area (Å²) in [6.45, 7) is 3.96. The van der Waals surface area contributed by atoms with Gasteiger partial charge in [0.25, 0.3) is 0 Å². The summed E-state index contributed by atoms with van der Waals surface area (Å²) in [5, 5.41) is 3.82. The van der Waals surface area contributed by atoms with E-state index in [1.807, 2.05) is 13.8 Å². The van der Waals surface area contributed by atoms with Crippen molar-refractivity contribution in [2.24, 2.45) is 23.6 Å². The molecule has 0 aliphatic heterocycles. The van der Waals surface area contributed by atoms with E-state index in [2.05, 4.69) is 20.7 Å². The number of hydrogen-bond donors (Lipinski definition) is 3. The van der Waals surface area contributed by atoms with Crippen LogP contribution in [0.3, 0.4) is 0 Å². The molecular formula is C16H25N5. The topological polar surface area (TPSA) is 75.9 Å². The number of nitrogens with zero attached hydrogens (tertiary/aromatic N) is 2. The highest BCUT2D eigenvalue weighted by Gasteiger charge is 2.51. The van der Waals surface area contributed by atoms with Crippen LogP contribution in [0.2, 0.25) is 0 Å². The van der Waals surface area contributed by atoms with Crippen LogP contribution in [0.25, 0.3) is 0 Å². The molecule has 0 radical (unpaired) electrons. The third-order valence-corrected chi connectivity index (χ3v) is 5.82. The number of hydrazine groups is 1. The Balaban J connectivity index is 1.65. The van der Waals surface area contributed by atoms with Gasteiger partial charge in [-0.25, -0.2) is 15.8 Å².